The Morgan fingerprint density at radius 3 is 1.86 bits per heavy atom. The van der Waals surface area contributed by atoms with Gasteiger partial charge in [-0.25, -0.2) is 0 Å². The molecule has 0 aliphatic rings. The van der Waals surface area contributed by atoms with Gasteiger partial charge in [-0.05, 0) is 32.1 Å². The standard InChI is InChI=1S/C19H34O2/c1-2-3-4-5-6-7-8-9-10-11-12-13-14-15-16-17-18-19(20)21/h3-4,6-7H,2,5,8-18H2,1H3,(H,20,21). The second kappa shape index (κ2) is 17.0. The van der Waals surface area contributed by atoms with Crippen LogP contribution in [-0.4, -0.2) is 11.1 Å². The summed E-state index contributed by atoms with van der Waals surface area (Å²) in [7, 11) is 0. The van der Waals surface area contributed by atoms with Crippen molar-refractivity contribution in [3.63, 3.8) is 0 Å². The van der Waals surface area contributed by atoms with Gasteiger partial charge in [-0.1, -0.05) is 76.2 Å². The molecule has 0 saturated heterocycles. The molecule has 0 spiro atoms. The largest absolute Gasteiger partial charge is 0.481 e. The van der Waals surface area contributed by atoms with E-state index in [0.29, 0.717) is 6.42 Å². The number of carboxylic acid groups (broad SMARTS) is 1. The van der Waals surface area contributed by atoms with Gasteiger partial charge in [0.15, 0.2) is 0 Å². The lowest BCUT2D eigenvalue weighted by Gasteiger charge is -2.01. The van der Waals surface area contributed by atoms with Crippen LogP contribution in [0.2, 0.25) is 0 Å². The number of carbonyl (C=O) groups is 1. The van der Waals surface area contributed by atoms with Crippen molar-refractivity contribution in [1.82, 2.24) is 0 Å². The van der Waals surface area contributed by atoms with Crippen LogP contribution < -0.4 is 0 Å². The fourth-order valence-electron chi connectivity index (χ4n) is 2.33. The van der Waals surface area contributed by atoms with E-state index >= 15 is 0 Å². The van der Waals surface area contributed by atoms with E-state index in [9.17, 15) is 4.79 Å². The normalized spacial score (nSPS) is 11.7. The molecule has 0 rings (SSSR count). The van der Waals surface area contributed by atoms with Gasteiger partial charge in [-0.3, -0.25) is 4.79 Å². The number of carboxylic acids is 1. The third-order valence-corrected chi connectivity index (χ3v) is 3.60. The Morgan fingerprint density at radius 2 is 1.29 bits per heavy atom. The van der Waals surface area contributed by atoms with Crippen molar-refractivity contribution in [2.75, 3.05) is 0 Å². The highest BCUT2D eigenvalue weighted by Crippen LogP contribution is 2.11. The van der Waals surface area contributed by atoms with E-state index in [-0.39, 0.29) is 0 Å². The molecule has 21 heavy (non-hydrogen) atoms. The van der Waals surface area contributed by atoms with Crippen LogP contribution in [0.3, 0.4) is 0 Å². The Kier molecular flexibility index (Phi) is 16.2. The molecule has 0 aliphatic carbocycles. The SMILES string of the molecule is CCC=CCC=CCCCCCCCCCCCC(=O)O. The van der Waals surface area contributed by atoms with E-state index in [0.717, 1.165) is 25.7 Å². The molecule has 2 nitrogen and oxygen atoms in total. The monoisotopic (exact) mass is 294 g/mol. The molecular weight excluding hydrogens is 260 g/mol. The van der Waals surface area contributed by atoms with Gasteiger partial charge >= 0.3 is 5.97 Å². The summed E-state index contributed by atoms with van der Waals surface area (Å²) in [6.45, 7) is 2.16. The van der Waals surface area contributed by atoms with Gasteiger partial charge in [0, 0.05) is 6.42 Å². The molecule has 0 heterocycles. The molecule has 0 saturated carbocycles. The van der Waals surface area contributed by atoms with Gasteiger partial charge in [0.05, 0.1) is 0 Å². The molecule has 0 unspecified atom stereocenters. The molecule has 0 amide bonds. The molecule has 2 heteroatoms. The van der Waals surface area contributed by atoms with Gasteiger partial charge in [0.1, 0.15) is 0 Å². The molecule has 122 valence electrons. The zero-order valence-electron chi connectivity index (χ0n) is 13.9. The van der Waals surface area contributed by atoms with E-state index in [1.54, 1.807) is 0 Å². The minimum absolute atomic E-state index is 0.335. The Bertz CT molecular complexity index is 279. The average molecular weight is 294 g/mol. The summed E-state index contributed by atoms with van der Waals surface area (Å²) >= 11 is 0. The summed E-state index contributed by atoms with van der Waals surface area (Å²) in [5, 5.41) is 8.52. The number of hydrogen-bond donors (Lipinski definition) is 1. The number of allylic oxidation sites excluding steroid dienone is 4. The topological polar surface area (TPSA) is 37.3 Å². The Labute approximate surface area is 131 Å². The lowest BCUT2D eigenvalue weighted by molar-refractivity contribution is -0.137. The Morgan fingerprint density at radius 1 is 0.762 bits per heavy atom. The maximum atomic E-state index is 10.3. The van der Waals surface area contributed by atoms with Crippen molar-refractivity contribution in [3.05, 3.63) is 24.3 Å². The maximum absolute atomic E-state index is 10.3. The summed E-state index contributed by atoms with van der Waals surface area (Å²) in [5.74, 6) is -0.662. The Balaban J connectivity index is 3.09. The summed E-state index contributed by atoms with van der Waals surface area (Å²) in [5.41, 5.74) is 0. The van der Waals surface area contributed by atoms with Crippen LogP contribution in [-0.2, 0) is 4.79 Å². The third-order valence-electron chi connectivity index (χ3n) is 3.60. The summed E-state index contributed by atoms with van der Waals surface area (Å²) in [6.07, 6.45) is 23.8. The fourth-order valence-corrected chi connectivity index (χ4v) is 2.33. The maximum Gasteiger partial charge on any atom is 0.303 e. The van der Waals surface area contributed by atoms with Gasteiger partial charge < -0.3 is 5.11 Å². The molecule has 0 fully saturated rings. The predicted molar refractivity (Wildman–Crippen MR) is 91.6 cm³/mol. The van der Waals surface area contributed by atoms with E-state index < -0.39 is 5.97 Å². The van der Waals surface area contributed by atoms with Gasteiger partial charge in [-0.15, -0.1) is 0 Å². The lowest BCUT2D eigenvalue weighted by atomic mass is 10.1. The summed E-state index contributed by atoms with van der Waals surface area (Å²) < 4.78 is 0. The van der Waals surface area contributed by atoms with Gasteiger partial charge in [0.2, 0.25) is 0 Å². The summed E-state index contributed by atoms with van der Waals surface area (Å²) in [4.78, 5) is 10.3. The average Bonchev–Trinajstić information content (AvgIpc) is 2.46. The van der Waals surface area contributed by atoms with Gasteiger partial charge in [0.25, 0.3) is 0 Å². The minimum atomic E-state index is -0.662. The smallest absolute Gasteiger partial charge is 0.303 e. The van der Waals surface area contributed by atoms with Crippen LogP contribution in [0.1, 0.15) is 90.4 Å². The molecule has 0 bridgehead atoms. The van der Waals surface area contributed by atoms with Crippen LogP contribution in [0.25, 0.3) is 0 Å². The first-order valence-corrected chi connectivity index (χ1v) is 8.79. The Hall–Kier alpha value is -1.05. The number of hydrogen-bond acceptors (Lipinski definition) is 1. The van der Waals surface area contributed by atoms with Gasteiger partial charge in [-0.2, -0.15) is 0 Å². The van der Waals surface area contributed by atoms with Crippen LogP contribution in [0.4, 0.5) is 0 Å². The van der Waals surface area contributed by atoms with Crippen molar-refractivity contribution in [1.29, 1.82) is 0 Å². The second-order valence-corrected chi connectivity index (χ2v) is 5.70. The summed E-state index contributed by atoms with van der Waals surface area (Å²) in [6, 6.07) is 0. The third kappa shape index (κ3) is 18.9. The van der Waals surface area contributed by atoms with Crippen molar-refractivity contribution in [2.45, 2.75) is 90.4 Å². The molecule has 0 aromatic heterocycles. The molecule has 0 radical (unpaired) electrons. The van der Waals surface area contributed by atoms with E-state index in [2.05, 4.69) is 31.2 Å². The highest BCUT2D eigenvalue weighted by atomic mass is 16.4. The molecule has 0 aromatic carbocycles. The van der Waals surface area contributed by atoms with Crippen LogP contribution in [0.15, 0.2) is 24.3 Å². The van der Waals surface area contributed by atoms with Crippen LogP contribution >= 0.6 is 0 Å². The van der Waals surface area contributed by atoms with Crippen molar-refractivity contribution >= 4 is 5.97 Å². The van der Waals surface area contributed by atoms with Crippen molar-refractivity contribution in [2.24, 2.45) is 0 Å². The van der Waals surface area contributed by atoms with Crippen LogP contribution in [0.5, 0.6) is 0 Å². The van der Waals surface area contributed by atoms with E-state index in [4.69, 9.17) is 5.11 Å². The lowest BCUT2D eigenvalue weighted by Crippen LogP contribution is -1.93. The number of aliphatic carboxylic acids is 1. The highest BCUT2D eigenvalue weighted by Gasteiger charge is 1.96. The molecule has 1 N–H and O–H groups in total. The first kappa shape index (κ1) is 19.9. The van der Waals surface area contributed by atoms with Crippen molar-refractivity contribution < 1.29 is 9.90 Å². The first-order valence-electron chi connectivity index (χ1n) is 8.79. The second-order valence-electron chi connectivity index (χ2n) is 5.70. The van der Waals surface area contributed by atoms with E-state index in [1.165, 1.54) is 51.4 Å². The van der Waals surface area contributed by atoms with Crippen molar-refractivity contribution in [3.8, 4) is 0 Å². The predicted octanol–water partition coefficient (Wildman–Crippen LogP) is 6.27. The minimum Gasteiger partial charge on any atom is -0.481 e. The molecular formula is C19H34O2. The molecule has 0 aromatic rings. The number of unbranched alkanes of at least 4 members (excludes halogenated alkanes) is 9. The van der Waals surface area contributed by atoms with E-state index in [1.807, 2.05) is 0 Å². The number of rotatable bonds is 15. The zero-order valence-corrected chi connectivity index (χ0v) is 13.9. The fraction of sp³-hybridized carbons (Fsp3) is 0.737. The highest BCUT2D eigenvalue weighted by molar-refractivity contribution is 5.66. The first-order chi connectivity index (χ1) is 10.3. The quantitative estimate of drug-likeness (QED) is 0.285. The molecule has 0 atom stereocenters. The molecule has 0 aliphatic heterocycles. The van der Waals surface area contributed by atoms with Crippen LogP contribution in [0, 0.1) is 0 Å². The zero-order chi connectivity index (χ0) is 15.6.